The summed E-state index contributed by atoms with van der Waals surface area (Å²) in [5.74, 6) is -3.19. The molecule has 0 aromatic rings. The first kappa shape index (κ1) is 14.1. The third-order valence-electron chi connectivity index (χ3n) is 2.76. The topological polar surface area (TPSA) is 114 Å². The highest BCUT2D eigenvalue weighted by atomic mass is 32.3. The summed E-state index contributed by atoms with van der Waals surface area (Å²) < 4.78 is 44.9. The number of hydrogen-bond donors (Lipinski definition) is 1. The van der Waals surface area contributed by atoms with Gasteiger partial charge in [0.1, 0.15) is 0 Å². The first-order valence-electron chi connectivity index (χ1n) is 4.93. The average Bonchev–Trinajstić information content (AvgIpc) is 2.55. The van der Waals surface area contributed by atoms with Gasteiger partial charge in [-0.15, -0.1) is 0 Å². The number of hydrogen-bond acceptors (Lipinski definition) is 6. The summed E-state index contributed by atoms with van der Waals surface area (Å²) in [6.45, 7) is 2.47. The molecule has 0 aromatic heterocycles. The Bertz CT molecular complexity index is 525. The van der Waals surface area contributed by atoms with Crippen LogP contribution in [0, 0.1) is 0 Å². The van der Waals surface area contributed by atoms with Crippen molar-refractivity contribution >= 4 is 31.5 Å². The highest BCUT2D eigenvalue weighted by Gasteiger charge is 2.64. The summed E-state index contributed by atoms with van der Waals surface area (Å²) >= 11 is 0. The Morgan fingerprint density at radius 1 is 1.06 bits per heavy atom. The molecule has 2 amide bonds. The second kappa shape index (κ2) is 4.05. The van der Waals surface area contributed by atoms with E-state index < -0.39 is 53.5 Å². The minimum atomic E-state index is -4.23. The maximum Gasteiger partial charge on any atom is 0.264 e. The van der Waals surface area contributed by atoms with Crippen LogP contribution in [0.2, 0.25) is 0 Å². The second-order valence-electron chi connectivity index (χ2n) is 3.61. The van der Waals surface area contributed by atoms with Crippen LogP contribution in [0.15, 0.2) is 0 Å². The lowest BCUT2D eigenvalue weighted by Gasteiger charge is -2.23. The summed E-state index contributed by atoms with van der Waals surface area (Å²) in [5.41, 5.74) is 0. The number of amides is 2. The molecule has 1 saturated heterocycles. The van der Waals surface area contributed by atoms with E-state index in [0.717, 1.165) is 0 Å². The molecule has 1 rings (SSSR count). The number of nitrogens with one attached hydrogen (secondary N) is 1. The van der Waals surface area contributed by atoms with E-state index >= 15 is 0 Å². The predicted molar refractivity (Wildman–Crippen MR) is 59.4 cm³/mol. The van der Waals surface area contributed by atoms with Crippen LogP contribution >= 0.6 is 0 Å². The predicted octanol–water partition coefficient (Wildman–Crippen LogP) is -1.40. The molecule has 0 saturated carbocycles. The van der Waals surface area contributed by atoms with Crippen molar-refractivity contribution in [3.63, 3.8) is 0 Å². The lowest BCUT2D eigenvalue weighted by molar-refractivity contribution is -0.124. The fourth-order valence-corrected chi connectivity index (χ4v) is 6.28. The zero-order valence-corrected chi connectivity index (χ0v) is 11.0. The Hall–Kier alpha value is -0.960. The fraction of sp³-hybridized carbons (Fsp3) is 0.750. The van der Waals surface area contributed by atoms with Gasteiger partial charge in [-0.05, 0) is 0 Å². The van der Waals surface area contributed by atoms with Crippen molar-refractivity contribution in [3.8, 4) is 0 Å². The molecule has 1 N–H and O–H groups in total. The van der Waals surface area contributed by atoms with Gasteiger partial charge in [0.05, 0.1) is 6.42 Å². The lowest BCUT2D eigenvalue weighted by atomic mass is 10.3. The third-order valence-corrected chi connectivity index (χ3v) is 8.47. The van der Waals surface area contributed by atoms with E-state index in [-0.39, 0.29) is 0 Å². The monoisotopic (exact) mass is 283 g/mol. The van der Waals surface area contributed by atoms with Crippen molar-refractivity contribution in [2.24, 2.45) is 0 Å². The van der Waals surface area contributed by atoms with Gasteiger partial charge in [0.25, 0.3) is 9.99 Å². The number of imide groups is 1. The standard InChI is InChI=1S/C8H13NO6S2/c1-3-16(12,13)8(17(14,15)4-2)5-6(10)9-7(8)11/h3-5H2,1-2H3,(H,9,10,11). The highest BCUT2D eigenvalue weighted by Crippen LogP contribution is 2.34. The molecule has 0 bridgehead atoms. The van der Waals surface area contributed by atoms with Crippen molar-refractivity contribution in [1.29, 1.82) is 0 Å². The van der Waals surface area contributed by atoms with Crippen molar-refractivity contribution in [2.45, 2.75) is 24.3 Å². The summed E-state index contributed by atoms with van der Waals surface area (Å²) in [4.78, 5) is 22.8. The largest absolute Gasteiger partial charge is 0.294 e. The Balaban J connectivity index is 3.64. The first-order chi connectivity index (χ1) is 7.64. The Kier molecular flexibility index (Phi) is 3.36. The number of rotatable bonds is 4. The van der Waals surface area contributed by atoms with Crippen LogP contribution in [-0.2, 0) is 29.3 Å². The van der Waals surface area contributed by atoms with Crippen molar-refractivity contribution in [3.05, 3.63) is 0 Å². The second-order valence-corrected chi connectivity index (χ2v) is 8.88. The molecule has 98 valence electrons. The molecule has 0 unspecified atom stereocenters. The summed E-state index contributed by atoms with van der Waals surface area (Å²) in [7, 11) is -8.46. The number of carbonyl (C=O) groups is 2. The molecule has 0 aliphatic carbocycles. The van der Waals surface area contributed by atoms with E-state index in [2.05, 4.69) is 0 Å². The number of sulfone groups is 2. The number of carbonyl (C=O) groups excluding carboxylic acids is 2. The van der Waals surface area contributed by atoms with Gasteiger partial charge in [-0.2, -0.15) is 0 Å². The van der Waals surface area contributed by atoms with E-state index in [9.17, 15) is 26.4 Å². The average molecular weight is 283 g/mol. The van der Waals surface area contributed by atoms with Gasteiger partial charge in [0, 0.05) is 11.5 Å². The molecule has 1 aliphatic rings. The summed E-state index contributed by atoms with van der Waals surface area (Å²) in [5, 5.41) is 1.75. The molecule has 0 spiro atoms. The zero-order chi connectivity index (χ0) is 13.5. The van der Waals surface area contributed by atoms with Gasteiger partial charge in [0.15, 0.2) is 19.7 Å². The Morgan fingerprint density at radius 2 is 1.47 bits per heavy atom. The molecule has 0 aromatic carbocycles. The first-order valence-corrected chi connectivity index (χ1v) is 8.24. The van der Waals surface area contributed by atoms with Crippen LogP contribution in [0.25, 0.3) is 0 Å². The molecule has 1 heterocycles. The maximum atomic E-state index is 11.9. The smallest absolute Gasteiger partial charge is 0.264 e. The van der Waals surface area contributed by atoms with Crippen LogP contribution in [0.5, 0.6) is 0 Å². The molecule has 9 heteroatoms. The van der Waals surface area contributed by atoms with Crippen molar-refractivity contribution < 1.29 is 26.4 Å². The van der Waals surface area contributed by atoms with E-state index in [4.69, 9.17) is 0 Å². The molecule has 1 fully saturated rings. The van der Waals surface area contributed by atoms with E-state index in [1.165, 1.54) is 13.8 Å². The highest BCUT2D eigenvalue weighted by molar-refractivity contribution is 8.11. The minimum absolute atomic E-state index is 0.521. The van der Waals surface area contributed by atoms with Gasteiger partial charge in [-0.1, -0.05) is 13.8 Å². The molecular weight excluding hydrogens is 270 g/mol. The van der Waals surface area contributed by atoms with Crippen LogP contribution in [0.3, 0.4) is 0 Å². The Morgan fingerprint density at radius 3 is 1.71 bits per heavy atom. The van der Waals surface area contributed by atoms with Gasteiger partial charge in [0.2, 0.25) is 5.91 Å². The van der Waals surface area contributed by atoms with Gasteiger partial charge < -0.3 is 0 Å². The Labute approximate surface area is 99.4 Å². The fourth-order valence-electron chi connectivity index (χ4n) is 1.72. The molecular formula is C8H13NO6S2. The van der Waals surface area contributed by atoms with Crippen molar-refractivity contribution in [1.82, 2.24) is 5.32 Å². The molecule has 0 atom stereocenters. The van der Waals surface area contributed by atoms with Crippen molar-refractivity contribution in [2.75, 3.05) is 11.5 Å². The quantitative estimate of drug-likeness (QED) is 0.634. The van der Waals surface area contributed by atoms with E-state index in [1.54, 1.807) is 5.32 Å². The minimum Gasteiger partial charge on any atom is -0.294 e. The summed E-state index contributed by atoms with van der Waals surface area (Å²) in [6.07, 6.45) is -0.849. The van der Waals surface area contributed by atoms with E-state index in [0.29, 0.717) is 0 Å². The molecule has 0 radical (unpaired) electrons. The van der Waals surface area contributed by atoms with E-state index in [1.807, 2.05) is 0 Å². The molecule has 7 nitrogen and oxygen atoms in total. The SMILES string of the molecule is CCS(=O)(=O)C1(S(=O)(=O)CC)CC(=O)NC1=O. The van der Waals surface area contributed by atoms with Crippen LogP contribution in [0.4, 0.5) is 0 Å². The molecule has 1 aliphatic heterocycles. The lowest BCUT2D eigenvalue weighted by Crippen LogP contribution is -2.53. The van der Waals surface area contributed by atoms with Crippen LogP contribution in [0.1, 0.15) is 20.3 Å². The van der Waals surface area contributed by atoms with Gasteiger partial charge in [-0.3, -0.25) is 14.9 Å². The van der Waals surface area contributed by atoms with Crippen LogP contribution < -0.4 is 5.32 Å². The van der Waals surface area contributed by atoms with Crippen LogP contribution in [-0.4, -0.2) is 44.2 Å². The third kappa shape index (κ3) is 1.77. The van der Waals surface area contributed by atoms with Gasteiger partial charge in [-0.25, -0.2) is 16.8 Å². The summed E-state index contributed by atoms with van der Waals surface area (Å²) in [6, 6.07) is 0. The maximum absolute atomic E-state index is 11.9. The molecule has 17 heavy (non-hydrogen) atoms. The normalized spacial score (nSPS) is 20.4. The van der Waals surface area contributed by atoms with Gasteiger partial charge >= 0.3 is 0 Å². The zero-order valence-electron chi connectivity index (χ0n) is 9.39.